The van der Waals surface area contributed by atoms with Gasteiger partial charge in [-0.25, -0.2) is 13.1 Å². The van der Waals surface area contributed by atoms with Gasteiger partial charge in [-0.15, -0.1) is 11.3 Å². The maximum atomic E-state index is 12.3. The first-order chi connectivity index (χ1) is 9.09. The smallest absolute Gasteiger partial charge is 0.250 e. The van der Waals surface area contributed by atoms with Gasteiger partial charge >= 0.3 is 0 Å². The van der Waals surface area contributed by atoms with Gasteiger partial charge in [-0.1, -0.05) is 47.1 Å². The Kier molecular flexibility index (Phi) is 5.78. The molecular formula is C14H25NO3S2. The average molecular weight is 319 g/mol. The minimum atomic E-state index is -3.57. The van der Waals surface area contributed by atoms with Crippen LogP contribution in [0.1, 0.15) is 41.0 Å². The number of thiophene rings is 1. The molecule has 0 radical (unpaired) electrons. The third-order valence-electron chi connectivity index (χ3n) is 3.54. The van der Waals surface area contributed by atoms with Crippen molar-refractivity contribution in [2.75, 3.05) is 0 Å². The Morgan fingerprint density at radius 2 is 2.00 bits per heavy atom. The topological polar surface area (TPSA) is 66.4 Å². The van der Waals surface area contributed by atoms with E-state index in [4.69, 9.17) is 0 Å². The molecule has 0 aliphatic carbocycles. The van der Waals surface area contributed by atoms with Crippen molar-refractivity contribution in [3.63, 3.8) is 0 Å². The fourth-order valence-corrected chi connectivity index (χ4v) is 4.30. The highest BCUT2D eigenvalue weighted by molar-refractivity contribution is 7.91. The standard InChI is InChI=1S/C14H25NO3S2/c1-6-10(2)12(13(16)14(3,4)5)15-20(17,18)11-8-7-9-19-11/h7-10,12-13,15-16H,6H2,1-5H3/t10-,12-,13?/m0/s1. The predicted molar refractivity (Wildman–Crippen MR) is 83.3 cm³/mol. The van der Waals surface area contributed by atoms with Gasteiger partial charge < -0.3 is 5.11 Å². The molecule has 1 heterocycles. The summed E-state index contributed by atoms with van der Waals surface area (Å²) in [7, 11) is -3.57. The zero-order chi connectivity index (χ0) is 15.6. The monoisotopic (exact) mass is 319 g/mol. The first-order valence-electron chi connectivity index (χ1n) is 6.83. The van der Waals surface area contributed by atoms with Crippen molar-refractivity contribution >= 4 is 21.4 Å². The Labute approximate surface area is 126 Å². The van der Waals surface area contributed by atoms with Crippen molar-refractivity contribution < 1.29 is 13.5 Å². The summed E-state index contributed by atoms with van der Waals surface area (Å²) < 4.78 is 27.7. The lowest BCUT2D eigenvalue weighted by Crippen LogP contribution is -2.51. The Balaban J connectivity index is 3.03. The van der Waals surface area contributed by atoms with Gasteiger partial charge in [-0.2, -0.15) is 0 Å². The Hall–Kier alpha value is -0.430. The van der Waals surface area contributed by atoms with Crippen LogP contribution >= 0.6 is 11.3 Å². The van der Waals surface area contributed by atoms with Crippen LogP contribution in [0.5, 0.6) is 0 Å². The van der Waals surface area contributed by atoms with Gasteiger partial charge in [-0.3, -0.25) is 0 Å². The minimum Gasteiger partial charge on any atom is -0.391 e. The number of hydrogen-bond acceptors (Lipinski definition) is 4. The highest BCUT2D eigenvalue weighted by atomic mass is 32.2. The highest BCUT2D eigenvalue weighted by Gasteiger charge is 2.36. The van der Waals surface area contributed by atoms with E-state index in [0.29, 0.717) is 0 Å². The number of sulfonamides is 1. The third kappa shape index (κ3) is 4.28. The van der Waals surface area contributed by atoms with Crippen LogP contribution in [0.25, 0.3) is 0 Å². The number of aliphatic hydroxyl groups is 1. The molecule has 116 valence electrons. The van der Waals surface area contributed by atoms with Gasteiger partial charge in [0.2, 0.25) is 10.0 Å². The summed E-state index contributed by atoms with van der Waals surface area (Å²) in [5.74, 6) is 0.0546. The van der Waals surface area contributed by atoms with Crippen molar-refractivity contribution in [2.24, 2.45) is 11.3 Å². The quantitative estimate of drug-likeness (QED) is 0.847. The van der Waals surface area contributed by atoms with Crippen molar-refractivity contribution in [1.29, 1.82) is 0 Å². The Morgan fingerprint density at radius 3 is 2.40 bits per heavy atom. The number of aliphatic hydroxyl groups excluding tert-OH is 1. The van der Waals surface area contributed by atoms with E-state index in [2.05, 4.69) is 4.72 Å². The molecule has 0 aliphatic heterocycles. The Morgan fingerprint density at radius 1 is 1.40 bits per heavy atom. The van der Waals surface area contributed by atoms with E-state index >= 15 is 0 Å². The molecule has 1 aromatic heterocycles. The van der Waals surface area contributed by atoms with E-state index in [-0.39, 0.29) is 15.5 Å². The zero-order valence-corrected chi connectivity index (χ0v) is 14.4. The van der Waals surface area contributed by atoms with E-state index < -0.39 is 22.2 Å². The van der Waals surface area contributed by atoms with Gasteiger partial charge in [0.05, 0.1) is 12.1 Å². The summed E-state index contributed by atoms with van der Waals surface area (Å²) in [6, 6.07) is 2.79. The molecule has 1 unspecified atom stereocenters. The van der Waals surface area contributed by atoms with E-state index in [1.165, 1.54) is 11.3 Å². The predicted octanol–water partition coefficient (Wildman–Crippen LogP) is 2.85. The summed E-state index contributed by atoms with van der Waals surface area (Å²) in [6.45, 7) is 9.68. The molecule has 0 aromatic carbocycles. The van der Waals surface area contributed by atoms with E-state index in [1.807, 2.05) is 34.6 Å². The van der Waals surface area contributed by atoms with Crippen LogP contribution in [0.4, 0.5) is 0 Å². The van der Waals surface area contributed by atoms with Gasteiger partial charge in [0.1, 0.15) is 4.21 Å². The minimum absolute atomic E-state index is 0.0546. The largest absolute Gasteiger partial charge is 0.391 e. The van der Waals surface area contributed by atoms with Gasteiger partial charge in [-0.05, 0) is 22.8 Å². The number of hydrogen-bond donors (Lipinski definition) is 2. The van der Waals surface area contributed by atoms with Crippen LogP contribution in [0.15, 0.2) is 21.7 Å². The Bertz CT molecular complexity index is 503. The van der Waals surface area contributed by atoms with Crippen LogP contribution in [0.3, 0.4) is 0 Å². The molecule has 0 saturated heterocycles. The molecule has 0 spiro atoms. The van der Waals surface area contributed by atoms with Crippen molar-refractivity contribution in [3.05, 3.63) is 17.5 Å². The maximum absolute atomic E-state index is 12.3. The summed E-state index contributed by atoms with van der Waals surface area (Å²) >= 11 is 1.18. The molecule has 0 amide bonds. The second-order valence-corrected chi connectivity index (χ2v) is 9.16. The van der Waals surface area contributed by atoms with Crippen molar-refractivity contribution in [3.8, 4) is 0 Å². The summed E-state index contributed by atoms with van der Waals surface area (Å²) in [6.07, 6.45) is 0.0531. The molecule has 0 saturated carbocycles. The van der Waals surface area contributed by atoms with Gasteiger partial charge in [0.25, 0.3) is 0 Å². The molecule has 20 heavy (non-hydrogen) atoms. The summed E-state index contributed by atoms with van der Waals surface area (Å²) in [5.41, 5.74) is -0.383. The highest BCUT2D eigenvalue weighted by Crippen LogP contribution is 2.28. The molecule has 0 bridgehead atoms. The molecule has 3 atom stereocenters. The fraction of sp³-hybridized carbons (Fsp3) is 0.714. The van der Waals surface area contributed by atoms with E-state index in [9.17, 15) is 13.5 Å². The molecule has 6 heteroatoms. The molecule has 1 aromatic rings. The van der Waals surface area contributed by atoms with Crippen LogP contribution in [-0.4, -0.2) is 25.7 Å². The normalized spacial score (nSPS) is 17.7. The lowest BCUT2D eigenvalue weighted by molar-refractivity contribution is 0.0191. The fourth-order valence-electron chi connectivity index (χ4n) is 1.94. The molecule has 1 rings (SSSR count). The van der Waals surface area contributed by atoms with Gasteiger partial charge in [0.15, 0.2) is 0 Å². The third-order valence-corrected chi connectivity index (χ3v) is 6.39. The van der Waals surface area contributed by atoms with E-state index in [0.717, 1.165) is 6.42 Å². The first-order valence-corrected chi connectivity index (χ1v) is 9.19. The second-order valence-electron chi connectivity index (χ2n) is 6.28. The lowest BCUT2D eigenvalue weighted by atomic mass is 9.80. The average Bonchev–Trinajstić information content (AvgIpc) is 2.87. The SMILES string of the molecule is CC[C@H](C)[C@H](NS(=O)(=O)c1cccs1)C(O)C(C)(C)C. The van der Waals surface area contributed by atoms with Crippen molar-refractivity contribution in [2.45, 2.75) is 57.4 Å². The molecule has 0 aliphatic rings. The van der Waals surface area contributed by atoms with Crippen LogP contribution in [-0.2, 0) is 10.0 Å². The van der Waals surface area contributed by atoms with Crippen LogP contribution < -0.4 is 4.72 Å². The van der Waals surface area contributed by atoms with Gasteiger partial charge in [0, 0.05) is 0 Å². The van der Waals surface area contributed by atoms with Crippen molar-refractivity contribution in [1.82, 2.24) is 4.72 Å². The molecular weight excluding hydrogens is 294 g/mol. The molecule has 4 nitrogen and oxygen atoms in total. The van der Waals surface area contributed by atoms with E-state index in [1.54, 1.807) is 17.5 Å². The molecule has 0 fully saturated rings. The van der Waals surface area contributed by atoms with Crippen LogP contribution in [0.2, 0.25) is 0 Å². The summed E-state index contributed by atoms with van der Waals surface area (Å²) in [5, 5.41) is 12.2. The number of rotatable bonds is 6. The maximum Gasteiger partial charge on any atom is 0.250 e. The summed E-state index contributed by atoms with van der Waals surface area (Å²) in [4.78, 5) is 0. The van der Waals surface area contributed by atoms with Crippen LogP contribution in [0, 0.1) is 11.3 Å². The first kappa shape index (κ1) is 17.6. The zero-order valence-electron chi connectivity index (χ0n) is 12.8. The number of nitrogens with one attached hydrogen (secondary N) is 1. The lowest BCUT2D eigenvalue weighted by Gasteiger charge is -2.36. The second kappa shape index (κ2) is 6.56. The molecule has 2 N–H and O–H groups in total.